The van der Waals surface area contributed by atoms with Crippen molar-refractivity contribution in [2.24, 2.45) is 0 Å². The molecule has 1 heterocycles. The van der Waals surface area contributed by atoms with E-state index in [2.05, 4.69) is 26.4 Å². The summed E-state index contributed by atoms with van der Waals surface area (Å²) in [5, 5.41) is 0. The third-order valence-corrected chi connectivity index (χ3v) is 7.92. The largest absolute Gasteiger partial charge is 0.474 e. The zero-order valence-corrected chi connectivity index (χ0v) is 30.0. The summed E-state index contributed by atoms with van der Waals surface area (Å²) in [6, 6.07) is 8.25. The van der Waals surface area contributed by atoms with Gasteiger partial charge in [0.2, 0.25) is 5.88 Å². The summed E-state index contributed by atoms with van der Waals surface area (Å²) in [7, 11) is 0. The third-order valence-electron chi connectivity index (χ3n) is 7.92. The van der Waals surface area contributed by atoms with E-state index in [0.717, 1.165) is 44.1 Å². The van der Waals surface area contributed by atoms with Gasteiger partial charge in [-0.05, 0) is 31.2 Å². The van der Waals surface area contributed by atoms with Crippen LogP contribution in [0, 0.1) is 0 Å². The average Bonchev–Trinajstić information content (AvgIpc) is 3.09. The van der Waals surface area contributed by atoms with Gasteiger partial charge in [-0.25, -0.2) is 23.2 Å². The van der Waals surface area contributed by atoms with Crippen molar-refractivity contribution in [3.63, 3.8) is 0 Å². The molecular formula is C34H39F17N2O4. The van der Waals surface area contributed by atoms with Crippen LogP contribution in [0.25, 0.3) is 11.4 Å². The molecule has 0 N–H and O–H groups in total. The van der Waals surface area contributed by atoms with Crippen LogP contribution in [0.1, 0.15) is 76.7 Å². The van der Waals surface area contributed by atoms with E-state index in [1.165, 1.54) is 12.3 Å². The zero-order chi connectivity index (χ0) is 43.3. The molecule has 0 amide bonds. The van der Waals surface area contributed by atoms with Gasteiger partial charge in [0, 0.05) is 17.8 Å². The Hall–Kier alpha value is -3.21. The van der Waals surface area contributed by atoms with Gasteiger partial charge in [-0.3, -0.25) is 0 Å². The lowest BCUT2D eigenvalue weighted by Crippen LogP contribution is -2.64. The van der Waals surface area contributed by atoms with Crippen molar-refractivity contribution in [1.29, 1.82) is 0 Å². The molecule has 1 aromatic carbocycles. The highest BCUT2D eigenvalue weighted by molar-refractivity contribution is 5.55. The third kappa shape index (κ3) is 14.8. The Morgan fingerprint density at radius 1 is 0.596 bits per heavy atom. The second-order valence-corrected chi connectivity index (χ2v) is 12.8. The van der Waals surface area contributed by atoms with Crippen molar-refractivity contribution in [1.82, 2.24) is 9.97 Å². The van der Waals surface area contributed by atoms with Crippen molar-refractivity contribution in [2.45, 2.75) is 132 Å². The van der Waals surface area contributed by atoms with Crippen molar-refractivity contribution >= 4 is 0 Å². The maximum atomic E-state index is 14.2. The number of benzene rings is 1. The highest BCUT2D eigenvalue weighted by atomic mass is 19.4. The minimum Gasteiger partial charge on any atom is -0.474 e. The molecule has 0 fully saturated rings. The molecule has 2 aromatic rings. The highest BCUT2D eigenvalue weighted by Crippen LogP contribution is 2.56. The van der Waals surface area contributed by atoms with Gasteiger partial charge in [0.1, 0.15) is 25.6 Å². The Kier molecular flexibility index (Phi) is 18.1. The van der Waals surface area contributed by atoms with Crippen molar-refractivity contribution in [3.05, 3.63) is 42.1 Å². The molecule has 0 spiro atoms. The van der Waals surface area contributed by atoms with Crippen LogP contribution in [0.5, 0.6) is 5.88 Å². The fourth-order valence-electron chi connectivity index (χ4n) is 4.79. The van der Waals surface area contributed by atoms with Gasteiger partial charge in [0.15, 0.2) is 5.82 Å². The summed E-state index contributed by atoms with van der Waals surface area (Å²) in [6.45, 7) is -1.81. The molecule has 0 bridgehead atoms. The molecule has 2 rings (SSSR count). The first-order chi connectivity index (χ1) is 26.2. The molecule has 0 saturated heterocycles. The number of aromatic nitrogens is 2. The monoisotopic (exact) mass is 862 g/mol. The van der Waals surface area contributed by atoms with E-state index in [1.807, 2.05) is 0 Å². The standard InChI is InChI=1S/C34H39F17N2O4/c1-2-3-4-5-6-7-11-25(36)20-55-26-17-18-52-27(53-26)23-15-13-22(14-16-23)10-8-9-12-24(35)19-54-21-28(37,38)56-33(48,49)34(50,51)57-32(46,47)30(41,42)29(39,40)31(43,44)45/h13-18,24-25H,2-12,19-21H2,1H3/t24-,25-/m0/s1. The maximum absolute atomic E-state index is 14.2. The summed E-state index contributed by atoms with van der Waals surface area (Å²) in [6.07, 6.45) is -30.2. The van der Waals surface area contributed by atoms with E-state index >= 15 is 0 Å². The molecule has 0 unspecified atom stereocenters. The van der Waals surface area contributed by atoms with Crippen molar-refractivity contribution < 1.29 is 93.6 Å². The Bertz CT molecular complexity index is 1480. The van der Waals surface area contributed by atoms with Gasteiger partial charge in [-0.15, -0.1) is 0 Å². The zero-order valence-electron chi connectivity index (χ0n) is 30.0. The lowest BCUT2D eigenvalue weighted by atomic mass is 10.0. The first kappa shape index (κ1) is 49.9. The van der Waals surface area contributed by atoms with Crippen LogP contribution >= 0.6 is 0 Å². The molecule has 0 aliphatic heterocycles. The quantitative estimate of drug-likeness (QED) is 0.0659. The summed E-state index contributed by atoms with van der Waals surface area (Å²) < 4.78 is 238. The van der Waals surface area contributed by atoms with E-state index in [0.29, 0.717) is 30.7 Å². The fraction of sp³-hybridized carbons (Fsp3) is 0.706. The van der Waals surface area contributed by atoms with Gasteiger partial charge >= 0.3 is 42.5 Å². The second kappa shape index (κ2) is 20.7. The van der Waals surface area contributed by atoms with E-state index < -0.39 is 68.0 Å². The SMILES string of the molecule is CCCCCCCC[C@H](F)COc1ccnc(-c2ccc(CCCC[C@H](F)COCC(F)(F)OC(F)(F)C(F)(F)OC(F)(F)C(F)(F)C(F)(F)C(F)(F)F)cc2)n1. The number of hydrogen-bond acceptors (Lipinski definition) is 6. The number of alkyl halides is 17. The van der Waals surface area contributed by atoms with E-state index in [4.69, 9.17) is 4.74 Å². The molecular weight excluding hydrogens is 823 g/mol. The van der Waals surface area contributed by atoms with Crippen LogP contribution in [0.15, 0.2) is 36.5 Å². The average molecular weight is 863 g/mol. The molecule has 0 aliphatic rings. The number of hydrogen-bond donors (Lipinski definition) is 0. The van der Waals surface area contributed by atoms with Gasteiger partial charge in [0.25, 0.3) is 0 Å². The normalized spacial score (nSPS) is 14.8. The molecule has 0 radical (unpaired) electrons. The first-order valence-corrected chi connectivity index (χ1v) is 17.3. The molecule has 57 heavy (non-hydrogen) atoms. The molecule has 328 valence electrons. The minimum absolute atomic E-state index is 0.101. The Morgan fingerprint density at radius 2 is 1.14 bits per heavy atom. The molecule has 2 atom stereocenters. The lowest BCUT2D eigenvalue weighted by Gasteiger charge is -2.36. The van der Waals surface area contributed by atoms with Crippen LogP contribution in [0.2, 0.25) is 0 Å². The topological polar surface area (TPSA) is 62.7 Å². The number of aryl methyl sites for hydroxylation is 1. The van der Waals surface area contributed by atoms with E-state index in [-0.39, 0.29) is 25.3 Å². The summed E-state index contributed by atoms with van der Waals surface area (Å²) >= 11 is 0. The number of rotatable bonds is 27. The molecule has 23 heteroatoms. The first-order valence-electron chi connectivity index (χ1n) is 17.3. The number of halogens is 17. The number of ether oxygens (including phenoxy) is 4. The molecule has 0 aliphatic carbocycles. The summed E-state index contributed by atoms with van der Waals surface area (Å²) in [4.78, 5) is 8.45. The smallest absolute Gasteiger partial charge is 0.460 e. The Labute approximate surface area is 315 Å². The second-order valence-electron chi connectivity index (χ2n) is 12.8. The molecule has 0 saturated carbocycles. The highest BCUT2D eigenvalue weighted by Gasteiger charge is 2.85. The summed E-state index contributed by atoms with van der Waals surface area (Å²) in [5.41, 5.74) is 1.36. The Balaban J connectivity index is 1.78. The van der Waals surface area contributed by atoms with Crippen molar-refractivity contribution in [3.8, 4) is 17.3 Å². The van der Waals surface area contributed by atoms with Gasteiger partial charge in [0.05, 0.1) is 6.61 Å². The number of unbranched alkanes of at least 4 members (excludes halogenated alkanes) is 6. The number of nitrogens with zero attached hydrogens (tertiary/aromatic N) is 2. The van der Waals surface area contributed by atoms with Crippen LogP contribution in [0.4, 0.5) is 74.6 Å². The van der Waals surface area contributed by atoms with Gasteiger partial charge in [-0.1, -0.05) is 76.1 Å². The lowest BCUT2D eigenvalue weighted by molar-refractivity contribution is -0.543. The van der Waals surface area contributed by atoms with E-state index in [1.54, 1.807) is 29.0 Å². The predicted octanol–water partition coefficient (Wildman–Crippen LogP) is 11.9. The summed E-state index contributed by atoms with van der Waals surface area (Å²) in [5.74, 6) is -15.3. The van der Waals surface area contributed by atoms with E-state index in [9.17, 15) is 74.6 Å². The van der Waals surface area contributed by atoms with Gasteiger partial charge in [-0.2, -0.15) is 70.8 Å². The predicted molar refractivity (Wildman–Crippen MR) is 167 cm³/mol. The maximum Gasteiger partial charge on any atom is 0.460 e. The minimum atomic E-state index is -7.96. The van der Waals surface area contributed by atoms with Crippen LogP contribution in [-0.4, -0.2) is 84.6 Å². The Morgan fingerprint density at radius 3 is 1.74 bits per heavy atom. The molecule has 6 nitrogen and oxygen atoms in total. The van der Waals surface area contributed by atoms with Crippen LogP contribution in [-0.2, 0) is 20.6 Å². The van der Waals surface area contributed by atoms with Crippen molar-refractivity contribution in [2.75, 3.05) is 19.8 Å². The fourth-order valence-corrected chi connectivity index (χ4v) is 4.79. The molecule has 1 aromatic heterocycles. The van der Waals surface area contributed by atoms with Gasteiger partial charge < -0.3 is 9.47 Å². The van der Waals surface area contributed by atoms with Crippen LogP contribution in [0.3, 0.4) is 0 Å². The van der Waals surface area contributed by atoms with Crippen LogP contribution < -0.4 is 4.74 Å².